The van der Waals surface area contributed by atoms with Crippen molar-refractivity contribution < 1.29 is 22.5 Å². The van der Waals surface area contributed by atoms with Crippen LogP contribution in [0.5, 0.6) is 0 Å². The molecule has 2 amide bonds. The van der Waals surface area contributed by atoms with Crippen molar-refractivity contribution in [1.29, 1.82) is 0 Å². The summed E-state index contributed by atoms with van der Waals surface area (Å²) >= 11 is 5.96. The molecule has 3 aromatic rings. The number of hydrogen-bond donors (Lipinski definition) is 2. The van der Waals surface area contributed by atoms with Crippen molar-refractivity contribution >= 4 is 50.6 Å². The fourth-order valence-corrected chi connectivity index (χ4v) is 4.34. The molecule has 1 atom stereocenters. The Bertz CT molecular complexity index is 1260. The first-order chi connectivity index (χ1) is 14.7. The summed E-state index contributed by atoms with van der Waals surface area (Å²) in [4.78, 5) is 26.2. The number of hydrogen-bond acceptors (Lipinski definition) is 7. The second kappa shape index (κ2) is 8.05. The van der Waals surface area contributed by atoms with Crippen LogP contribution in [-0.2, 0) is 19.6 Å². The van der Waals surface area contributed by atoms with Crippen LogP contribution < -0.4 is 14.9 Å². The molecule has 1 aliphatic rings. The molecule has 1 aromatic heterocycles. The Labute approximate surface area is 183 Å². The normalized spacial score (nSPS) is 16.6. The van der Waals surface area contributed by atoms with E-state index in [1.54, 1.807) is 31.2 Å². The molecule has 1 fully saturated rings. The molecule has 160 valence electrons. The fourth-order valence-electron chi connectivity index (χ4n) is 3.17. The number of nitrogens with zero attached hydrogens (tertiary/aromatic N) is 2. The van der Waals surface area contributed by atoms with Gasteiger partial charge in [-0.05, 0) is 49.4 Å². The number of rotatable bonds is 6. The third-order valence-electron chi connectivity index (χ3n) is 4.59. The van der Waals surface area contributed by atoms with Crippen molar-refractivity contribution in [2.45, 2.75) is 24.3 Å². The number of nitrogens with one attached hydrogen (secondary N) is 2. The van der Waals surface area contributed by atoms with Crippen LogP contribution in [0.25, 0.3) is 0 Å². The Hall–Kier alpha value is -3.37. The van der Waals surface area contributed by atoms with E-state index in [1.807, 2.05) is 0 Å². The molecule has 2 heterocycles. The molecule has 1 saturated heterocycles. The number of amides is 2. The molecule has 11 heteroatoms. The molecule has 4 rings (SSSR count). The second-order valence-electron chi connectivity index (χ2n) is 6.90. The van der Waals surface area contributed by atoms with E-state index in [1.165, 1.54) is 30.3 Å². The van der Waals surface area contributed by atoms with Crippen molar-refractivity contribution in [3.05, 3.63) is 65.4 Å². The van der Waals surface area contributed by atoms with Gasteiger partial charge in [-0.25, -0.2) is 13.3 Å². The second-order valence-corrected chi connectivity index (χ2v) is 9.02. The zero-order valence-corrected chi connectivity index (χ0v) is 17.8. The minimum absolute atomic E-state index is 0.00748. The van der Waals surface area contributed by atoms with Crippen molar-refractivity contribution in [2.24, 2.45) is 0 Å². The summed E-state index contributed by atoms with van der Waals surface area (Å²) in [6.07, 6.45) is -0.0293. The Morgan fingerprint density at radius 1 is 1.13 bits per heavy atom. The molecule has 9 nitrogen and oxygen atoms in total. The van der Waals surface area contributed by atoms with E-state index < -0.39 is 22.0 Å². The Morgan fingerprint density at radius 2 is 1.87 bits per heavy atom. The summed E-state index contributed by atoms with van der Waals surface area (Å²) in [5.74, 6) is -0.209. The van der Waals surface area contributed by atoms with Gasteiger partial charge in [0.25, 0.3) is 15.9 Å². The van der Waals surface area contributed by atoms with E-state index in [4.69, 9.17) is 16.1 Å². The molecule has 1 aliphatic heterocycles. The van der Waals surface area contributed by atoms with E-state index in [0.29, 0.717) is 22.2 Å². The van der Waals surface area contributed by atoms with E-state index in [9.17, 15) is 18.0 Å². The lowest BCUT2D eigenvalue weighted by atomic mass is 10.2. The van der Waals surface area contributed by atoms with Crippen molar-refractivity contribution in [2.75, 3.05) is 14.9 Å². The molecule has 31 heavy (non-hydrogen) atoms. The van der Waals surface area contributed by atoms with E-state index >= 15 is 0 Å². The number of carbonyl (C=O) groups excluding carboxylic acids is 2. The highest BCUT2D eigenvalue weighted by Gasteiger charge is 2.39. The van der Waals surface area contributed by atoms with Gasteiger partial charge < -0.3 is 9.84 Å². The lowest BCUT2D eigenvalue weighted by molar-refractivity contribution is -0.121. The average molecular weight is 461 g/mol. The summed E-state index contributed by atoms with van der Waals surface area (Å²) in [6, 6.07) is 13.0. The first kappa shape index (κ1) is 20.9. The minimum atomic E-state index is -3.85. The van der Waals surface area contributed by atoms with Crippen LogP contribution >= 0.6 is 11.6 Å². The molecule has 0 radical (unpaired) electrons. The molecule has 0 saturated carbocycles. The van der Waals surface area contributed by atoms with Crippen molar-refractivity contribution in [3.63, 3.8) is 0 Å². The van der Waals surface area contributed by atoms with Crippen LogP contribution in [0.4, 0.5) is 17.2 Å². The number of sulfonamides is 1. The summed E-state index contributed by atoms with van der Waals surface area (Å²) in [5.41, 5.74) is 0.901. The van der Waals surface area contributed by atoms with Gasteiger partial charge in [-0.15, -0.1) is 0 Å². The highest BCUT2D eigenvalue weighted by Crippen LogP contribution is 2.27. The number of imide groups is 1. The molecule has 0 aliphatic carbocycles. The molecular weight excluding hydrogens is 444 g/mol. The highest BCUT2D eigenvalue weighted by molar-refractivity contribution is 7.92. The van der Waals surface area contributed by atoms with Crippen molar-refractivity contribution in [1.82, 2.24) is 5.16 Å². The highest BCUT2D eigenvalue weighted by atomic mass is 35.5. The average Bonchev–Trinajstić information content (AvgIpc) is 3.23. The van der Waals surface area contributed by atoms with Gasteiger partial charge in [0, 0.05) is 16.8 Å². The predicted octanol–water partition coefficient (Wildman–Crippen LogP) is 3.18. The molecule has 2 aromatic carbocycles. The van der Waals surface area contributed by atoms with Gasteiger partial charge in [0.05, 0.1) is 17.0 Å². The van der Waals surface area contributed by atoms with Crippen LogP contribution in [0.15, 0.2) is 64.0 Å². The first-order valence-electron chi connectivity index (χ1n) is 9.18. The van der Waals surface area contributed by atoms with Gasteiger partial charge in [0.2, 0.25) is 5.91 Å². The summed E-state index contributed by atoms with van der Waals surface area (Å²) in [6.45, 7) is 1.65. The third-order valence-corrected chi connectivity index (χ3v) is 6.19. The zero-order chi connectivity index (χ0) is 22.2. The van der Waals surface area contributed by atoms with E-state index in [-0.39, 0.29) is 23.0 Å². The number of benzene rings is 2. The monoisotopic (exact) mass is 460 g/mol. The van der Waals surface area contributed by atoms with Gasteiger partial charge in [-0.1, -0.05) is 22.8 Å². The summed E-state index contributed by atoms with van der Waals surface area (Å²) in [5, 5.41) is 7.00. The van der Waals surface area contributed by atoms with Crippen LogP contribution in [0, 0.1) is 6.92 Å². The molecule has 0 bridgehead atoms. The third kappa shape index (κ3) is 4.39. The fraction of sp³-hybridized carbons (Fsp3) is 0.150. The number of aromatic nitrogens is 1. The van der Waals surface area contributed by atoms with Crippen LogP contribution in [0.2, 0.25) is 5.02 Å². The van der Waals surface area contributed by atoms with Crippen LogP contribution in [-0.4, -0.2) is 31.4 Å². The predicted molar refractivity (Wildman–Crippen MR) is 114 cm³/mol. The largest absolute Gasteiger partial charge is 0.373 e. The van der Waals surface area contributed by atoms with Crippen LogP contribution in [0.1, 0.15) is 12.2 Å². The van der Waals surface area contributed by atoms with Gasteiger partial charge >= 0.3 is 0 Å². The van der Waals surface area contributed by atoms with Gasteiger partial charge in [0.15, 0.2) is 5.82 Å². The maximum atomic E-state index is 12.7. The lowest BCUT2D eigenvalue weighted by Gasteiger charge is -2.16. The number of carbonyl (C=O) groups is 2. The Balaban J connectivity index is 1.47. The quantitative estimate of drug-likeness (QED) is 0.541. The summed E-state index contributed by atoms with van der Waals surface area (Å²) in [7, 11) is -3.85. The van der Waals surface area contributed by atoms with Gasteiger partial charge in [-0.3, -0.25) is 14.3 Å². The van der Waals surface area contributed by atoms with Gasteiger partial charge in [0.1, 0.15) is 11.8 Å². The molecule has 2 N–H and O–H groups in total. The van der Waals surface area contributed by atoms with Gasteiger partial charge in [-0.2, -0.15) is 0 Å². The SMILES string of the molecule is Cc1cc(NS(=O)(=O)c2ccc(NC3CC(=O)N(c4cccc(Cl)c4)C3=O)cc2)no1. The first-order valence-corrected chi connectivity index (χ1v) is 11.0. The molecule has 0 spiro atoms. The molecular formula is C20H17ClN4O5S. The maximum absolute atomic E-state index is 12.7. The Kier molecular flexibility index (Phi) is 5.42. The van der Waals surface area contributed by atoms with E-state index in [2.05, 4.69) is 15.2 Å². The summed E-state index contributed by atoms with van der Waals surface area (Å²) < 4.78 is 32.1. The smallest absolute Gasteiger partial charge is 0.263 e. The maximum Gasteiger partial charge on any atom is 0.263 e. The van der Waals surface area contributed by atoms with Crippen LogP contribution in [0.3, 0.4) is 0 Å². The topological polar surface area (TPSA) is 122 Å². The molecule has 1 unspecified atom stereocenters. The van der Waals surface area contributed by atoms with Crippen molar-refractivity contribution in [3.8, 4) is 0 Å². The lowest BCUT2D eigenvalue weighted by Crippen LogP contribution is -2.34. The minimum Gasteiger partial charge on any atom is -0.373 e. The zero-order valence-electron chi connectivity index (χ0n) is 16.2. The van der Waals surface area contributed by atoms with E-state index in [0.717, 1.165) is 4.90 Å². The number of aryl methyl sites for hydroxylation is 1. The standard InChI is InChI=1S/C20H17ClN4O5S/c1-12-9-18(23-30-12)24-31(28,29)16-7-5-14(6-8-16)22-17-11-19(26)25(20(17)27)15-4-2-3-13(21)10-15/h2-10,17,22H,11H2,1H3,(H,23,24). The number of anilines is 3. The number of halogens is 1. The Morgan fingerprint density at radius 3 is 2.52 bits per heavy atom.